The summed E-state index contributed by atoms with van der Waals surface area (Å²) in [6.07, 6.45) is 1.96. The van der Waals surface area contributed by atoms with Gasteiger partial charge in [-0.15, -0.1) is 0 Å². The average Bonchev–Trinajstić information content (AvgIpc) is 2.80. The molecule has 4 nitrogen and oxygen atoms in total. The summed E-state index contributed by atoms with van der Waals surface area (Å²) in [4.78, 5) is 12.1. The summed E-state index contributed by atoms with van der Waals surface area (Å²) < 4.78 is 5.96. The minimum Gasteiger partial charge on any atom is -0.493 e. The van der Waals surface area contributed by atoms with Crippen LogP contribution in [0.3, 0.4) is 0 Å². The van der Waals surface area contributed by atoms with E-state index in [1.165, 1.54) is 0 Å². The number of carbonyl (C=O) groups excluding carboxylic acids is 1. The summed E-state index contributed by atoms with van der Waals surface area (Å²) >= 11 is 0. The molecule has 2 aromatic rings. The Morgan fingerprint density at radius 2 is 1.83 bits per heavy atom. The van der Waals surface area contributed by atoms with E-state index in [1.54, 1.807) is 0 Å². The lowest BCUT2D eigenvalue weighted by atomic mass is 9.92. The zero-order chi connectivity index (χ0) is 17.3. The van der Waals surface area contributed by atoms with Gasteiger partial charge in [0, 0.05) is 11.0 Å². The molecule has 0 radical (unpaired) electrons. The number of carbonyl (C=O) groups is 1. The van der Waals surface area contributed by atoms with Gasteiger partial charge in [0.15, 0.2) is 0 Å². The van der Waals surface area contributed by atoms with Gasteiger partial charge in [-0.3, -0.25) is 10.2 Å². The summed E-state index contributed by atoms with van der Waals surface area (Å²) in [6, 6.07) is 12.2. The number of fused-ring (bicyclic) bond motifs is 1. The summed E-state index contributed by atoms with van der Waals surface area (Å²) in [6.45, 7) is 8.92. The number of amides is 1. The number of nitrogens with one attached hydrogen (secondary N) is 2. The molecule has 0 spiro atoms. The quantitative estimate of drug-likeness (QED) is 0.844. The first-order valence-electron chi connectivity index (χ1n) is 8.33. The third kappa shape index (κ3) is 3.15. The van der Waals surface area contributed by atoms with Crippen LogP contribution in [0, 0.1) is 5.92 Å². The molecule has 3 rings (SSSR count). The van der Waals surface area contributed by atoms with Gasteiger partial charge in [0.2, 0.25) is 0 Å². The second kappa shape index (κ2) is 6.29. The Balaban J connectivity index is 2.07. The fraction of sp³-hybridized carbons (Fsp3) is 0.350. The molecule has 0 aromatic heterocycles. The van der Waals surface area contributed by atoms with Crippen LogP contribution in [0.2, 0.25) is 0 Å². The summed E-state index contributed by atoms with van der Waals surface area (Å²) in [7, 11) is 0. The van der Waals surface area contributed by atoms with E-state index in [0.29, 0.717) is 12.5 Å². The number of benzene rings is 2. The van der Waals surface area contributed by atoms with Crippen molar-refractivity contribution in [3.63, 3.8) is 0 Å². The SMILES string of the molecule is CC(C)COc1ccc(/C=C2\C(=O)NNC2(C)C)c2ccccc12. The highest BCUT2D eigenvalue weighted by atomic mass is 16.5. The van der Waals surface area contributed by atoms with Gasteiger partial charge in [-0.2, -0.15) is 0 Å². The minimum absolute atomic E-state index is 0.0794. The molecule has 1 fully saturated rings. The fourth-order valence-corrected chi connectivity index (χ4v) is 2.84. The van der Waals surface area contributed by atoms with Gasteiger partial charge in [-0.05, 0) is 42.9 Å². The van der Waals surface area contributed by atoms with E-state index < -0.39 is 5.54 Å². The van der Waals surface area contributed by atoms with E-state index in [4.69, 9.17) is 4.74 Å². The summed E-state index contributed by atoms with van der Waals surface area (Å²) in [5.74, 6) is 1.28. The Hall–Kier alpha value is -2.33. The number of hydrogen-bond acceptors (Lipinski definition) is 3. The van der Waals surface area contributed by atoms with Crippen molar-refractivity contribution in [1.82, 2.24) is 10.9 Å². The maximum Gasteiger partial charge on any atom is 0.263 e. The minimum atomic E-state index is -0.398. The standard InChI is InChI=1S/C20H24N2O2/c1-13(2)12-24-18-10-9-14(15-7-5-6-8-16(15)18)11-17-19(23)21-22-20(17,3)4/h5-11,13,22H,12H2,1-4H3,(H,21,23)/b17-11+. The van der Waals surface area contributed by atoms with Crippen LogP contribution in [0.1, 0.15) is 33.3 Å². The number of rotatable bonds is 4. The smallest absolute Gasteiger partial charge is 0.263 e. The van der Waals surface area contributed by atoms with Gasteiger partial charge in [-0.25, -0.2) is 5.43 Å². The van der Waals surface area contributed by atoms with Crippen LogP contribution in [0.5, 0.6) is 5.75 Å². The third-order valence-electron chi connectivity index (χ3n) is 4.20. The molecule has 126 valence electrons. The Morgan fingerprint density at radius 3 is 2.46 bits per heavy atom. The first-order chi connectivity index (χ1) is 11.4. The van der Waals surface area contributed by atoms with Crippen LogP contribution in [0.25, 0.3) is 16.8 Å². The molecule has 4 heteroatoms. The number of ether oxygens (including phenoxy) is 1. The number of hydrogen-bond donors (Lipinski definition) is 2. The first-order valence-corrected chi connectivity index (χ1v) is 8.33. The predicted octanol–water partition coefficient (Wildman–Crippen LogP) is 3.67. The molecule has 0 unspecified atom stereocenters. The van der Waals surface area contributed by atoms with Crippen LogP contribution < -0.4 is 15.6 Å². The van der Waals surface area contributed by atoms with Gasteiger partial charge in [0.25, 0.3) is 5.91 Å². The Bertz CT molecular complexity index is 806. The highest BCUT2D eigenvalue weighted by Crippen LogP contribution is 2.32. The maximum absolute atomic E-state index is 12.1. The largest absolute Gasteiger partial charge is 0.493 e. The maximum atomic E-state index is 12.1. The van der Waals surface area contributed by atoms with Crippen molar-refractivity contribution in [1.29, 1.82) is 0 Å². The van der Waals surface area contributed by atoms with Crippen molar-refractivity contribution < 1.29 is 9.53 Å². The third-order valence-corrected chi connectivity index (χ3v) is 4.20. The molecule has 1 saturated heterocycles. The molecular formula is C20H24N2O2. The normalized spacial score (nSPS) is 18.4. The molecular weight excluding hydrogens is 300 g/mol. The molecule has 2 N–H and O–H groups in total. The Kier molecular flexibility index (Phi) is 4.33. The van der Waals surface area contributed by atoms with Crippen molar-refractivity contribution in [3.8, 4) is 5.75 Å². The van der Waals surface area contributed by atoms with Crippen LogP contribution in [0.4, 0.5) is 0 Å². The average molecular weight is 324 g/mol. The molecule has 24 heavy (non-hydrogen) atoms. The molecule has 1 aliphatic heterocycles. The van der Waals surface area contributed by atoms with E-state index in [-0.39, 0.29) is 5.91 Å². The van der Waals surface area contributed by atoms with Gasteiger partial charge < -0.3 is 4.74 Å². The predicted molar refractivity (Wildman–Crippen MR) is 97.6 cm³/mol. The van der Waals surface area contributed by atoms with Crippen molar-refractivity contribution in [2.24, 2.45) is 5.92 Å². The van der Waals surface area contributed by atoms with Gasteiger partial charge >= 0.3 is 0 Å². The van der Waals surface area contributed by atoms with E-state index in [0.717, 1.165) is 27.7 Å². The second-order valence-corrected chi connectivity index (χ2v) is 7.17. The lowest BCUT2D eigenvalue weighted by Gasteiger charge is -2.18. The fourth-order valence-electron chi connectivity index (χ4n) is 2.84. The monoisotopic (exact) mass is 324 g/mol. The molecule has 0 aliphatic carbocycles. The summed E-state index contributed by atoms with van der Waals surface area (Å²) in [5, 5.41) is 2.15. The van der Waals surface area contributed by atoms with Gasteiger partial charge in [-0.1, -0.05) is 44.2 Å². The lowest BCUT2D eigenvalue weighted by molar-refractivity contribution is -0.116. The summed E-state index contributed by atoms with van der Waals surface area (Å²) in [5.41, 5.74) is 7.05. The van der Waals surface area contributed by atoms with Crippen LogP contribution in [-0.4, -0.2) is 18.1 Å². The molecule has 1 aliphatic rings. The van der Waals surface area contributed by atoms with E-state index in [9.17, 15) is 4.79 Å². The number of hydrazine groups is 1. The van der Waals surface area contributed by atoms with Crippen LogP contribution in [-0.2, 0) is 4.79 Å². The molecule has 0 bridgehead atoms. The first kappa shape index (κ1) is 16.5. The highest BCUT2D eigenvalue weighted by Gasteiger charge is 2.35. The topological polar surface area (TPSA) is 50.4 Å². The van der Waals surface area contributed by atoms with Crippen LogP contribution >= 0.6 is 0 Å². The molecule has 1 heterocycles. The van der Waals surface area contributed by atoms with Gasteiger partial charge in [0.05, 0.1) is 12.1 Å². The molecule has 0 saturated carbocycles. The van der Waals surface area contributed by atoms with E-state index in [2.05, 4.69) is 36.8 Å². The molecule has 2 aromatic carbocycles. The lowest BCUT2D eigenvalue weighted by Crippen LogP contribution is -2.38. The Morgan fingerprint density at radius 1 is 1.12 bits per heavy atom. The van der Waals surface area contributed by atoms with E-state index in [1.807, 2.05) is 44.2 Å². The van der Waals surface area contributed by atoms with Crippen molar-refractivity contribution in [3.05, 3.63) is 47.5 Å². The van der Waals surface area contributed by atoms with Crippen molar-refractivity contribution in [2.75, 3.05) is 6.61 Å². The van der Waals surface area contributed by atoms with Gasteiger partial charge in [0.1, 0.15) is 5.75 Å². The van der Waals surface area contributed by atoms with Crippen molar-refractivity contribution in [2.45, 2.75) is 33.2 Å². The zero-order valence-corrected chi connectivity index (χ0v) is 14.6. The van der Waals surface area contributed by atoms with Crippen molar-refractivity contribution >= 4 is 22.8 Å². The molecule has 1 amide bonds. The Labute approximate surface area is 142 Å². The molecule has 0 atom stereocenters. The second-order valence-electron chi connectivity index (χ2n) is 7.17. The zero-order valence-electron chi connectivity index (χ0n) is 14.6. The van der Waals surface area contributed by atoms with E-state index >= 15 is 0 Å². The van der Waals surface area contributed by atoms with Crippen LogP contribution in [0.15, 0.2) is 42.0 Å². The highest BCUT2D eigenvalue weighted by molar-refractivity contribution is 6.04.